The van der Waals surface area contributed by atoms with Crippen molar-refractivity contribution in [2.75, 3.05) is 11.5 Å². The summed E-state index contributed by atoms with van der Waals surface area (Å²) in [5, 5.41) is 8.70. The first kappa shape index (κ1) is 12.3. The predicted molar refractivity (Wildman–Crippen MR) is 66.1 cm³/mol. The minimum atomic E-state index is 0.374. The van der Waals surface area contributed by atoms with Crippen LogP contribution in [0.1, 0.15) is 37.5 Å². The van der Waals surface area contributed by atoms with Crippen molar-refractivity contribution in [3.05, 3.63) is 4.88 Å². The van der Waals surface area contributed by atoms with E-state index in [0.29, 0.717) is 10.7 Å². The van der Waals surface area contributed by atoms with Gasteiger partial charge in [0.05, 0.1) is 0 Å². The Morgan fingerprint density at radius 3 is 2.87 bits per heavy atom. The third kappa shape index (κ3) is 4.10. The normalized spacial score (nSPS) is 10.1. The third-order valence-corrected chi connectivity index (χ3v) is 4.16. The number of nitriles is 1. The molecule has 0 saturated carbocycles. The van der Waals surface area contributed by atoms with Gasteiger partial charge in [-0.1, -0.05) is 49.3 Å². The first-order chi connectivity index (χ1) is 7.27. The summed E-state index contributed by atoms with van der Waals surface area (Å²) in [6.07, 6.45) is 5.03. The van der Waals surface area contributed by atoms with Gasteiger partial charge in [-0.3, -0.25) is 0 Å². The molecule has 0 aliphatic heterocycles. The molecule has 1 heterocycles. The van der Waals surface area contributed by atoms with Crippen LogP contribution in [0.4, 0.5) is 5.82 Å². The van der Waals surface area contributed by atoms with Gasteiger partial charge in [0.2, 0.25) is 0 Å². The van der Waals surface area contributed by atoms with Crippen LogP contribution in [-0.2, 0) is 0 Å². The number of nitrogens with two attached hydrogens (primary N) is 1. The lowest BCUT2D eigenvalue weighted by Crippen LogP contribution is -1.86. The molecule has 0 fully saturated rings. The molecule has 0 aliphatic carbocycles. The van der Waals surface area contributed by atoms with Gasteiger partial charge in [-0.05, 0) is 6.42 Å². The van der Waals surface area contributed by atoms with Crippen LogP contribution in [0.25, 0.3) is 0 Å². The summed E-state index contributed by atoms with van der Waals surface area (Å²) in [7, 11) is 0. The van der Waals surface area contributed by atoms with Crippen LogP contribution < -0.4 is 5.73 Å². The third-order valence-electron chi connectivity index (χ3n) is 1.96. The summed E-state index contributed by atoms with van der Waals surface area (Å²) < 4.78 is 0.917. The van der Waals surface area contributed by atoms with Crippen molar-refractivity contribution in [1.82, 2.24) is 4.98 Å². The Bertz CT molecular complexity index is 341. The van der Waals surface area contributed by atoms with Gasteiger partial charge in [0, 0.05) is 5.75 Å². The van der Waals surface area contributed by atoms with Gasteiger partial charge in [-0.2, -0.15) is 5.26 Å². The number of anilines is 1. The molecule has 0 amide bonds. The van der Waals surface area contributed by atoms with E-state index in [1.165, 1.54) is 37.0 Å². The van der Waals surface area contributed by atoms with Crippen molar-refractivity contribution in [3.63, 3.8) is 0 Å². The highest BCUT2D eigenvalue weighted by molar-refractivity contribution is 8.01. The van der Waals surface area contributed by atoms with E-state index in [0.717, 1.165) is 10.1 Å². The molecule has 82 valence electrons. The quantitative estimate of drug-likeness (QED) is 0.613. The molecule has 0 saturated heterocycles. The summed E-state index contributed by atoms with van der Waals surface area (Å²) in [6.45, 7) is 2.20. The molecule has 0 bridgehead atoms. The monoisotopic (exact) mass is 241 g/mol. The Balaban J connectivity index is 2.29. The maximum Gasteiger partial charge on any atom is 0.154 e. The molecular weight excluding hydrogens is 226 g/mol. The minimum Gasteiger partial charge on any atom is -0.382 e. The smallest absolute Gasteiger partial charge is 0.154 e. The number of hydrogen-bond donors (Lipinski definition) is 1. The lowest BCUT2D eigenvalue weighted by Gasteiger charge is -1.96. The number of unbranched alkanes of at least 4 members (excludes halogenated alkanes) is 3. The van der Waals surface area contributed by atoms with E-state index in [1.807, 2.05) is 6.07 Å². The maximum atomic E-state index is 8.70. The van der Waals surface area contributed by atoms with Crippen LogP contribution in [0, 0.1) is 11.3 Å². The van der Waals surface area contributed by atoms with Gasteiger partial charge in [0.15, 0.2) is 10.2 Å². The molecule has 0 spiro atoms. The van der Waals surface area contributed by atoms with Gasteiger partial charge in [-0.15, -0.1) is 0 Å². The molecule has 0 unspecified atom stereocenters. The van der Waals surface area contributed by atoms with Crippen LogP contribution in [-0.4, -0.2) is 10.7 Å². The number of rotatable bonds is 6. The summed E-state index contributed by atoms with van der Waals surface area (Å²) in [5.74, 6) is 1.44. The number of thioether (sulfide) groups is 1. The Labute approximate surface area is 98.7 Å². The maximum absolute atomic E-state index is 8.70. The number of nitrogens with zero attached hydrogens (tertiary/aromatic N) is 2. The Kier molecular flexibility index (Phi) is 5.51. The topological polar surface area (TPSA) is 62.7 Å². The summed E-state index contributed by atoms with van der Waals surface area (Å²) in [4.78, 5) is 4.67. The van der Waals surface area contributed by atoms with E-state index in [9.17, 15) is 0 Å². The van der Waals surface area contributed by atoms with E-state index < -0.39 is 0 Å². The van der Waals surface area contributed by atoms with Gasteiger partial charge in [0.25, 0.3) is 0 Å². The molecular formula is C10H15N3S2. The summed E-state index contributed by atoms with van der Waals surface area (Å²) in [6, 6.07) is 2.04. The first-order valence-electron chi connectivity index (χ1n) is 5.07. The molecule has 0 aromatic carbocycles. The zero-order chi connectivity index (χ0) is 11.1. The first-order valence-corrected chi connectivity index (χ1v) is 6.87. The lowest BCUT2D eigenvalue weighted by atomic mass is 10.2. The number of aromatic nitrogens is 1. The number of thiazole rings is 1. The molecule has 1 aromatic heterocycles. The van der Waals surface area contributed by atoms with Crippen LogP contribution >= 0.6 is 23.1 Å². The van der Waals surface area contributed by atoms with Crippen molar-refractivity contribution in [2.45, 2.75) is 36.9 Å². The Hall–Kier alpha value is -0.730. The molecule has 2 N–H and O–H groups in total. The molecule has 3 nitrogen and oxygen atoms in total. The van der Waals surface area contributed by atoms with Gasteiger partial charge < -0.3 is 5.73 Å². The van der Waals surface area contributed by atoms with E-state index in [2.05, 4.69) is 11.9 Å². The fourth-order valence-electron chi connectivity index (χ4n) is 1.14. The fraction of sp³-hybridized carbons (Fsp3) is 0.600. The van der Waals surface area contributed by atoms with E-state index >= 15 is 0 Å². The van der Waals surface area contributed by atoms with Crippen LogP contribution in [0.3, 0.4) is 0 Å². The molecule has 0 atom stereocenters. The molecule has 5 heteroatoms. The van der Waals surface area contributed by atoms with Crippen molar-refractivity contribution in [2.24, 2.45) is 0 Å². The zero-order valence-corrected chi connectivity index (χ0v) is 10.5. The summed E-state index contributed by atoms with van der Waals surface area (Å²) >= 11 is 3.09. The van der Waals surface area contributed by atoms with Crippen molar-refractivity contribution >= 4 is 28.9 Å². The molecule has 15 heavy (non-hydrogen) atoms. The number of hydrogen-bond acceptors (Lipinski definition) is 5. The molecule has 1 rings (SSSR count). The highest BCUT2D eigenvalue weighted by Crippen LogP contribution is 2.28. The molecule has 0 aliphatic rings. The highest BCUT2D eigenvalue weighted by atomic mass is 32.2. The minimum absolute atomic E-state index is 0.374. The molecule has 0 radical (unpaired) electrons. The van der Waals surface area contributed by atoms with E-state index in [-0.39, 0.29) is 0 Å². The van der Waals surface area contributed by atoms with Gasteiger partial charge in [-0.25, -0.2) is 4.98 Å². The van der Waals surface area contributed by atoms with E-state index in [1.54, 1.807) is 11.8 Å². The second-order valence-electron chi connectivity index (χ2n) is 3.22. The summed E-state index contributed by atoms with van der Waals surface area (Å²) in [5.41, 5.74) is 5.57. The fourth-order valence-corrected chi connectivity index (χ4v) is 3.08. The predicted octanol–water partition coefficient (Wildman–Crippen LogP) is 3.27. The van der Waals surface area contributed by atoms with E-state index in [4.69, 9.17) is 11.0 Å². The molecule has 1 aromatic rings. The van der Waals surface area contributed by atoms with Crippen LogP contribution in [0.5, 0.6) is 0 Å². The largest absolute Gasteiger partial charge is 0.382 e. The van der Waals surface area contributed by atoms with Crippen LogP contribution in [0.2, 0.25) is 0 Å². The standard InChI is InChI=1S/C10H15N3S2/c1-2-3-4-5-6-14-10-13-9(12)8(7-11)15-10/h2-6,12H2,1H3. The van der Waals surface area contributed by atoms with Crippen LogP contribution in [0.15, 0.2) is 4.34 Å². The van der Waals surface area contributed by atoms with Gasteiger partial charge in [0.1, 0.15) is 10.9 Å². The Morgan fingerprint density at radius 2 is 2.27 bits per heavy atom. The average Bonchev–Trinajstić information content (AvgIpc) is 2.59. The zero-order valence-electron chi connectivity index (χ0n) is 8.82. The average molecular weight is 241 g/mol. The van der Waals surface area contributed by atoms with Crippen molar-refractivity contribution in [1.29, 1.82) is 5.26 Å². The highest BCUT2D eigenvalue weighted by Gasteiger charge is 2.07. The van der Waals surface area contributed by atoms with Crippen molar-refractivity contribution < 1.29 is 0 Å². The second-order valence-corrected chi connectivity index (χ2v) is 5.56. The lowest BCUT2D eigenvalue weighted by molar-refractivity contribution is 0.706. The van der Waals surface area contributed by atoms with Gasteiger partial charge >= 0.3 is 0 Å². The van der Waals surface area contributed by atoms with Crippen molar-refractivity contribution in [3.8, 4) is 6.07 Å². The number of nitrogen functional groups attached to an aromatic ring is 1. The SMILES string of the molecule is CCCCCCSc1nc(N)c(C#N)s1. The Morgan fingerprint density at radius 1 is 1.47 bits per heavy atom. The second kappa shape index (κ2) is 6.70.